The van der Waals surface area contributed by atoms with Gasteiger partial charge >= 0.3 is 0 Å². The molecule has 3 aliphatic rings. The molecule has 2 aliphatic heterocycles. The maximum Gasteiger partial charge on any atom is 0.142 e. The van der Waals surface area contributed by atoms with Gasteiger partial charge in [-0.1, -0.05) is 6.07 Å². The summed E-state index contributed by atoms with van der Waals surface area (Å²) in [5.41, 5.74) is 3.44. The van der Waals surface area contributed by atoms with E-state index in [4.69, 9.17) is 13.9 Å². The van der Waals surface area contributed by atoms with Crippen molar-refractivity contribution in [1.82, 2.24) is 0 Å². The van der Waals surface area contributed by atoms with Crippen LogP contribution in [0.5, 0.6) is 40.2 Å². The monoisotopic (exact) mass is 560 g/mol. The van der Waals surface area contributed by atoms with Crippen LogP contribution in [0.2, 0.25) is 0 Å². The largest absolute Gasteiger partial charge is 0.508 e. The van der Waals surface area contributed by atoms with Crippen molar-refractivity contribution < 1.29 is 39.4 Å². The number of rotatable bonds is 2. The zero-order valence-electron chi connectivity index (χ0n) is 22.3. The number of aromatic hydroxyl groups is 5. The molecule has 5 aromatic rings. The lowest BCUT2D eigenvalue weighted by molar-refractivity contribution is 0.102. The highest BCUT2D eigenvalue weighted by Crippen LogP contribution is 2.60. The molecule has 8 rings (SSSR count). The maximum atomic E-state index is 11.5. The van der Waals surface area contributed by atoms with Gasteiger partial charge in [0.05, 0.1) is 11.1 Å². The summed E-state index contributed by atoms with van der Waals surface area (Å²) in [4.78, 5) is 0. The minimum atomic E-state index is -0.757. The molecule has 0 spiro atoms. The number of phenols is 5. The molecule has 0 amide bonds. The van der Waals surface area contributed by atoms with E-state index in [1.165, 1.54) is 18.2 Å². The van der Waals surface area contributed by atoms with Crippen LogP contribution in [0.25, 0.3) is 33.6 Å². The summed E-state index contributed by atoms with van der Waals surface area (Å²) in [6.07, 6.45) is 2.52. The Bertz CT molecular complexity index is 2050. The molecule has 1 aliphatic carbocycles. The minimum Gasteiger partial charge on any atom is -0.508 e. The number of fused-ring (bicyclic) bond motifs is 9. The second kappa shape index (κ2) is 8.27. The first-order chi connectivity index (χ1) is 20.2. The molecule has 1 aromatic heterocycles. The lowest BCUT2D eigenvalue weighted by atomic mass is 9.68. The van der Waals surface area contributed by atoms with E-state index in [0.29, 0.717) is 57.3 Å². The van der Waals surface area contributed by atoms with E-state index in [-0.39, 0.29) is 34.7 Å². The summed E-state index contributed by atoms with van der Waals surface area (Å²) in [5.74, 6) is 1.38. The van der Waals surface area contributed by atoms with Crippen LogP contribution >= 0.6 is 0 Å². The SMILES string of the molecule is CC12C=C3C(=C(c4ccc(O)cc4O)Oc4cc(-c5cc6ccc(O)cc6o5)cc(O)c43)C(C1)c1ccc(O)cc1O2. The summed E-state index contributed by atoms with van der Waals surface area (Å²) in [6, 6.07) is 19.4. The molecule has 8 nitrogen and oxygen atoms in total. The molecule has 2 bridgehead atoms. The predicted molar refractivity (Wildman–Crippen MR) is 155 cm³/mol. The number of phenolic OH excluding ortho intramolecular Hbond substituents is 5. The molecule has 0 saturated carbocycles. The Morgan fingerprint density at radius 3 is 2.36 bits per heavy atom. The summed E-state index contributed by atoms with van der Waals surface area (Å²) in [5, 5.41) is 53.3. The molecule has 2 atom stereocenters. The summed E-state index contributed by atoms with van der Waals surface area (Å²) in [7, 11) is 0. The van der Waals surface area contributed by atoms with Gasteiger partial charge in [-0.25, -0.2) is 0 Å². The third-order valence-corrected chi connectivity index (χ3v) is 8.23. The average Bonchev–Trinajstić information content (AvgIpc) is 3.35. The number of hydrogen-bond acceptors (Lipinski definition) is 8. The van der Waals surface area contributed by atoms with Crippen LogP contribution < -0.4 is 9.47 Å². The van der Waals surface area contributed by atoms with Gasteiger partial charge in [-0.2, -0.15) is 0 Å². The Hall–Kier alpha value is -5.50. The number of furan rings is 1. The van der Waals surface area contributed by atoms with Crippen LogP contribution in [0.15, 0.2) is 88.9 Å². The number of ether oxygens (including phenoxy) is 2. The second-order valence-electron chi connectivity index (χ2n) is 11.2. The van der Waals surface area contributed by atoms with Crippen LogP contribution in [0.1, 0.15) is 36.0 Å². The smallest absolute Gasteiger partial charge is 0.142 e. The van der Waals surface area contributed by atoms with Crippen LogP contribution in [0.4, 0.5) is 0 Å². The second-order valence-corrected chi connectivity index (χ2v) is 11.2. The van der Waals surface area contributed by atoms with Crippen molar-refractivity contribution in [2.75, 3.05) is 0 Å². The first kappa shape index (κ1) is 24.3. The zero-order chi connectivity index (χ0) is 28.9. The van der Waals surface area contributed by atoms with E-state index in [9.17, 15) is 25.5 Å². The van der Waals surface area contributed by atoms with Crippen LogP contribution in [0, 0.1) is 0 Å². The lowest BCUT2D eigenvalue weighted by Crippen LogP contribution is -2.40. The van der Waals surface area contributed by atoms with Crippen molar-refractivity contribution in [2.45, 2.75) is 24.9 Å². The molecule has 42 heavy (non-hydrogen) atoms. The zero-order valence-corrected chi connectivity index (χ0v) is 22.3. The molecule has 0 fully saturated rings. The quantitative estimate of drug-likeness (QED) is 0.154. The highest BCUT2D eigenvalue weighted by atomic mass is 16.5. The van der Waals surface area contributed by atoms with Crippen molar-refractivity contribution >= 4 is 22.3 Å². The number of allylic oxidation sites excluding steroid dienone is 2. The van der Waals surface area contributed by atoms with Crippen molar-refractivity contribution in [3.05, 3.63) is 101 Å². The Kier molecular flexibility index (Phi) is 4.78. The van der Waals surface area contributed by atoms with Crippen LogP contribution in [-0.4, -0.2) is 31.1 Å². The predicted octanol–water partition coefficient (Wildman–Crippen LogP) is 7.15. The topological polar surface area (TPSA) is 133 Å². The third kappa shape index (κ3) is 3.55. The normalized spacial score (nSPS) is 20.2. The summed E-state index contributed by atoms with van der Waals surface area (Å²) >= 11 is 0. The molecule has 0 saturated heterocycles. The Morgan fingerprint density at radius 2 is 1.52 bits per heavy atom. The van der Waals surface area contributed by atoms with Crippen LogP contribution in [0.3, 0.4) is 0 Å². The summed E-state index contributed by atoms with van der Waals surface area (Å²) in [6.45, 7) is 1.96. The van der Waals surface area contributed by atoms with E-state index in [1.807, 2.05) is 25.1 Å². The van der Waals surface area contributed by atoms with Gasteiger partial charge in [-0.05, 0) is 67.1 Å². The average molecular weight is 561 g/mol. The van der Waals surface area contributed by atoms with Gasteiger partial charge in [0.15, 0.2) is 0 Å². The molecule has 0 radical (unpaired) electrons. The van der Waals surface area contributed by atoms with Gasteiger partial charge in [-0.15, -0.1) is 0 Å². The van der Waals surface area contributed by atoms with Crippen molar-refractivity contribution in [3.8, 4) is 51.6 Å². The first-order valence-electron chi connectivity index (χ1n) is 13.5. The molecular weight excluding hydrogens is 536 g/mol. The van der Waals surface area contributed by atoms with E-state index >= 15 is 0 Å². The van der Waals surface area contributed by atoms with Crippen LogP contribution in [-0.2, 0) is 0 Å². The van der Waals surface area contributed by atoms with Gasteiger partial charge < -0.3 is 39.4 Å². The van der Waals surface area contributed by atoms with Crippen molar-refractivity contribution in [2.24, 2.45) is 0 Å². The fourth-order valence-electron chi connectivity index (χ4n) is 6.44. The van der Waals surface area contributed by atoms with Gasteiger partial charge in [0.2, 0.25) is 0 Å². The summed E-state index contributed by atoms with van der Waals surface area (Å²) < 4.78 is 19.0. The third-order valence-electron chi connectivity index (χ3n) is 8.23. The number of hydrogen-bond donors (Lipinski definition) is 5. The molecule has 2 unspecified atom stereocenters. The highest BCUT2D eigenvalue weighted by Gasteiger charge is 2.47. The van der Waals surface area contributed by atoms with E-state index < -0.39 is 5.60 Å². The molecule has 3 heterocycles. The minimum absolute atomic E-state index is 0.0296. The van der Waals surface area contributed by atoms with Gasteiger partial charge in [0.1, 0.15) is 63.0 Å². The fraction of sp³-hybridized carbons (Fsp3) is 0.118. The Morgan fingerprint density at radius 1 is 0.762 bits per heavy atom. The van der Waals surface area contributed by atoms with Gasteiger partial charge in [0, 0.05) is 52.6 Å². The molecule has 4 aromatic carbocycles. The molecule has 5 N–H and O–H groups in total. The molecule has 8 heteroatoms. The molecule has 208 valence electrons. The number of benzene rings is 4. The Balaban J connectivity index is 1.37. The van der Waals surface area contributed by atoms with Crippen molar-refractivity contribution in [1.29, 1.82) is 0 Å². The lowest BCUT2D eigenvalue weighted by Gasteiger charge is -2.45. The van der Waals surface area contributed by atoms with E-state index in [1.54, 1.807) is 42.5 Å². The maximum absolute atomic E-state index is 11.5. The van der Waals surface area contributed by atoms with E-state index in [2.05, 4.69) is 0 Å². The Labute approximate surface area is 239 Å². The molecular formula is C34H24O8. The van der Waals surface area contributed by atoms with Gasteiger partial charge in [-0.3, -0.25) is 0 Å². The van der Waals surface area contributed by atoms with E-state index in [0.717, 1.165) is 16.5 Å². The van der Waals surface area contributed by atoms with Crippen molar-refractivity contribution in [3.63, 3.8) is 0 Å². The standard InChI is InChI=1S/C34H24O8/c1-34-14-23(21-6-4-20(37)13-29(21)42-34)31-24(15-34)32-26(39)8-17(27-9-16-2-3-19(36)12-28(16)40-27)10-30(32)41-33(31)22-7-5-18(35)11-25(22)38/h2-13,15,23,35-39H,14H2,1H3. The fourth-order valence-corrected chi connectivity index (χ4v) is 6.44. The van der Waals surface area contributed by atoms with Gasteiger partial charge in [0.25, 0.3) is 0 Å². The highest BCUT2D eigenvalue weighted by molar-refractivity contribution is 5.99. The first-order valence-corrected chi connectivity index (χ1v) is 13.5.